The summed E-state index contributed by atoms with van der Waals surface area (Å²) in [5.41, 5.74) is 7.39. The van der Waals surface area contributed by atoms with Gasteiger partial charge in [0, 0.05) is 34.6 Å². The average molecular weight is 528 g/mol. The van der Waals surface area contributed by atoms with Crippen LogP contribution in [0.3, 0.4) is 0 Å². The van der Waals surface area contributed by atoms with E-state index in [9.17, 15) is 4.79 Å². The van der Waals surface area contributed by atoms with Crippen molar-refractivity contribution < 1.29 is 4.79 Å². The minimum absolute atomic E-state index is 0.0163. The largest absolute Gasteiger partial charge is 0.343 e. The predicted octanol–water partition coefficient (Wildman–Crippen LogP) is 7.91. The quantitative estimate of drug-likeness (QED) is 0.253. The average Bonchev–Trinajstić information content (AvgIpc) is 3.20. The Labute approximate surface area is 231 Å². The summed E-state index contributed by atoms with van der Waals surface area (Å²) >= 11 is 6.37. The van der Waals surface area contributed by atoms with Crippen molar-refractivity contribution in [2.75, 3.05) is 25.0 Å². The minimum Gasteiger partial charge on any atom is -0.343 e. The molecule has 4 aromatic rings. The van der Waals surface area contributed by atoms with Gasteiger partial charge in [-0.15, -0.1) is 0 Å². The molecule has 1 amide bonds. The van der Waals surface area contributed by atoms with Gasteiger partial charge in [-0.05, 0) is 98.3 Å². The Morgan fingerprint density at radius 3 is 2.53 bits per heavy atom. The number of hydrogen-bond donors (Lipinski definition) is 1. The van der Waals surface area contributed by atoms with Crippen molar-refractivity contribution in [1.29, 1.82) is 0 Å². The number of nitrogens with one attached hydrogen (secondary N) is 1. The molecule has 1 N–H and O–H groups in total. The molecule has 0 bridgehead atoms. The summed E-state index contributed by atoms with van der Waals surface area (Å²) in [6.45, 7) is 7.18. The van der Waals surface area contributed by atoms with Gasteiger partial charge in [-0.25, -0.2) is 0 Å². The number of benzene rings is 3. The first-order chi connectivity index (χ1) is 18.4. The minimum atomic E-state index is -0.0163. The molecular weight excluding hydrogens is 490 g/mol. The van der Waals surface area contributed by atoms with E-state index in [1.165, 1.54) is 33.3 Å². The number of amides is 1. The van der Waals surface area contributed by atoms with Crippen LogP contribution < -0.4 is 5.32 Å². The van der Waals surface area contributed by atoms with E-state index in [1.807, 2.05) is 32.0 Å². The van der Waals surface area contributed by atoms with Crippen LogP contribution in [-0.4, -0.2) is 35.0 Å². The Kier molecular flexibility index (Phi) is 8.21. The molecule has 5 heteroatoms. The molecule has 198 valence electrons. The lowest BCUT2D eigenvalue weighted by Crippen LogP contribution is -2.33. The molecule has 0 aliphatic carbocycles. The Morgan fingerprint density at radius 2 is 1.76 bits per heavy atom. The summed E-state index contributed by atoms with van der Waals surface area (Å²) in [5.74, 6) is 0.605. The number of aromatic nitrogens is 1. The van der Waals surface area contributed by atoms with Crippen LogP contribution in [-0.2, 0) is 18.3 Å². The molecule has 1 saturated heterocycles. The lowest BCUT2D eigenvalue weighted by atomic mass is 9.89. The molecule has 0 spiro atoms. The number of piperidine rings is 1. The molecule has 0 unspecified atom stereocenters. The number of anilines is 1. The summed E-state index contributed by atoms with van der Waals surface area (Å²) < 4.78 is 2.32. The molecule has 0 atom stereocenters. The highest BCUT2D eigenvalue weighted by atomic mass is 35.5. The van der Waals surface area contributed by atoms with Gasteiger partial charge in [0.25, 0.3) is 0 Å². The van der Waals surface area contributed by atoms with E-state index in [4.69, 9.17) is 11.6 Å². The molecule has 4 nitrogen and oxygen atoms in total. The Morgan fingerprint density at radius 1 is 1.00 bits per heavy atom. The fraction of sp³-hybridized carbons (Fsp3) is 0.364. The SMILES string of the molecule is CC(C)C(=O)Nc1cccc(C2CCN(CCCc3c(-c4cccc(Cl)c4)n(C)c4ccccc34)CC2)c1. The first-order valence-corrected chi connectivity index (χ1v) is 14.2. The number of nitrogens with zero attached hydrogens (tertiary/aromatic N) is 2. The molecule has 0 radical (unpaired) electrons. The van der Waals surface area contributed by atoms with Gasteiger partial charge in [0.2, 0.25) is 5.91 Å². The molecule has 2 heterocycles. The number of aryl methyl sites for hydroxylation is 2. The number of rotatable bonds is 8. The van der Waals surface area contributed by atoms with E-state index < -0.39 is 0 Å². The molecule has 1 fully saturated rings. The van der Waals surface area contributed by atoms with Crippen LogP contribution in [0.15, 0.2) is 72.8 Å². The van der Waals surface area contributed by atoms with Crippen LogP contribution in [0.25, 0.3) is 22.2 Å². The van der Waals surface area contributed by atoms with Gasteiger partial charge in [0.1, 0.15) is 0 Å². The maximum atomic E-state index is 12.1. The summed E-state index contributed by atoms with van der Waals surface area (Å²) in [7, 11) is 2.16. The number of carbonyl (C=O) groups excluding carboxylic acids is 1. The topological polar surface area (TPSA) is 37.3 Å². The van der Waals surface area contributed by atoms with Crippen molar-refractivity contribution in [3.63, 3.8) is 0 Å². The Bertz CT molecular complexity index is 1420. The summed E-state index contributed by atoms with van der Waals surface area (Å²) in [4.78, 5) is 14.7. The van der Waals surface area contributed by atoms with Crippen molar-refractivity contribution in [1.82, 2.24) is 9.47 Å². The van der Waals surface area contributed by atoms with E-state index in [0.29, 0.717) is 5.92 Å². The second-order valence-corrected chi connectivity index (χ2v) is 11.3. The highest BCUT2D eigenvalue weighted by Crippen LogP contribution is 2.35. The van der Waals surface area contributed by atoms with Crippen molar-refractivity contribution in [2.45, 2.75) is 45.4 Å². The summed E-state index contributed by atoms with van der Waals surface area (Å²) in [5, 5.41) is 5.16. The highest BCUT2D eigenvalue weighted by Gasteiger charge is 2.22. The molecular formula is C33H38ClN3O. The van der Waals surface area contributed by atoms with Gasteiger partial charge >= 0.3 is 0 Å². The van der Waals surface area contributed by atoms with Crippen molar-refractivity contribution >= 4 is 34.1 Å². The molecule has 3 aromatic carbocycles. The van der Waals surface area contributed by atoms with Gasteiger partial charge in [-0.2, -0.15) is 0 Å². The van der Waals surface area contributed by atoms with Crippen LogP contribution in [0.5, 0.6) is 0 Å². The number of para-hydroxylation sites is 1. The third-order valence-electron chi connectivity index (χ3n) is 7.95. The predicted molar refractivity (Wildman–Crippen MR) is 160 cm³/mol. The number of likely N-dealkylation sites (tertiary alicyclic amines) is 1. The van der Waals surface area contributed by atoms with Crippen molar-refractivity contribution in [3.05, 3.63) is 88.9 Å². The number of halogens is 1. The standard InChI is InChI=1S/C33H38ClN3O/c1-23(2)33(38)35-28-12-7-9-25(22-28)24-16-19-37(20-17-24)18-8-14-30-29-13-4-5-15-31(29)36(3)32(30)26-10-6-11-27(34)21-26/h4-7,9-13,15,21-24H,8,14,16-20H2,1-3H3,(H,35,38). The summed E-state index contributed by atoms with van der Waals surface area (Å²) in [6, 6.07) is 25.4. The normalized spacial score (nSPS) is 14.9. The zero-order chi connectivity index (χ0) is 26.6. The zero-order valence-electron chi connectivity index (χ0n) is 22.7. The maximum Gasteiger partial charge on any atom is 0.226 e. The molecule has 0 saturated carbocycles. The van der Waals surface area contributed by atoms with Gasteiger partial charge < -0.3 is 14.8 Å². The van der Waals surface area contributed by atoms with Crippen molar-refractivity contribution in [3.8, 4) is 11.3 Å². The third kappa shape index (κ3) is 5.82. The van der Waals surface area contributed by atoms with E-state index in [2.05, 4.69) is 76.4 Å². The number of carbonyl (C=O) groups is 1. The lowest BCUT2D eigenvalue weighted by Gasteiger charge is -2.32. The third-order valence-corrected chi connectivity index (χ3v) is 8.18. The van der Waals surface area contributed by atoms with Crippen LogP contribution in [0.2, 0.25) is 5.02 Å². The van der Waals surface area contributed by atoms with Gasteiger partial charge in [-0.1, -0.05) is 67.9 Å². The monoisotopic (exact) mass is 527 g/mol. The fourth-order valence-electron chi connectivity index (χ4n) is 5.85. The molecule has 1 aliphatic heterocycles. The first kappa shape index (κ1) is 26.5. The van der Waals surface area contributed by atoms with Crippen LogP contribution >= 0.6 is 11.6 Å². The van der Waals surface area contributed by atoms with Gasteiger partial charge in [0.15, 0.2) is 0 Å². The second-order valence-electron chi connectivity index (χ2n) is 10.9. The molecule has 1 aliphatic rings. The number of hydrogen-bond acceptors (Lipinski definition) is 2. The van der Waals surface area contributed by atoms with E-state index >= 15 is 0 Å². The van der Waals surface area contributed by atoms with E-state index in [1.54, 1.807) is 0 Å². The number of fused-ring (bicyclic) bond motifs is 1. The van der Waals surface area contributed by atoms with E-state index in [0.717, 1.165) is 56.0 Å². The molecule has 1 aromatic heterocycles. The van der Waals surface area contributed by atoms with Crippen LogP contribution in [0.1, 0.15) is 50.2 Å². The van der Waals surface area contributed by atoms with Crippen LogP contribution in [0, 0.1) is 5.92 Å². The Balaban J connectivity index is 1.22. The Hall–Kier alpha value is -3.08. The zero-order valence-corrected chi connectivity index (χ0v) is 23.5. The maximum absolute atomic E-state index is 12.1. The first-order valence-electron chi connectivity index (χ1n) is 13.9. The molecule has 5 rings (SSSR count). The second kappa shape index (κ2) is 11.8. The van der Waals surface area contributed by atoms with Gasteiger partial charge in [0.05, 0.1) is 5.69 Å². The van der Waals surface area contributed by atoms with E-state index in [-0.39, 0.29) is 11.8 Å². The highest BCUT2D eigenvalue weighted by molar-refractivity contribution is 6.30. The lowest BCUT2D eigenvalue weighted by molar-refractivity contribution is -0.118. The molecule has 38 heavy (non-hydrogen) atoms. The van der Waals surface area contributed by atoms with Gasteiger partial charge in [-0.3, -0.25) is 4.79 Å². The fourth-order valence-corrected chi connectivity index (χ4v) is 6.05. The van der Waals surface area contributed by atoms with Crippen molar-refractivity contribution in [2.24, 2.45) is 13.0 Å². The van der Waals surface area contributed by atoms with Crippen LogP contribution in [0.4, 0.5) is 5.69 Å². The smallest absolute Gasteiger partial charge is 0.226 e. The summed E-state index contributed by atoms with van der Waals surface area (Å²) in [6.07, 6.45) is 4.48.